The van der Waals surface area contributed by atoms with Crippen molar-refractivity contribution in [1.82, 2.24) is 4.90 Å². The maximum atomic E-state index is 12.7. The molecule has 1 atom stereocenters. The highest BCUT2D eigenvalue weighted by molar-refractivity contribution is 6.46. The molecular formula is C21H23NO4. The first kappa shape index (κ1) is 18.0. The van der Waals surface area contributed by atoms with Gasteiger partial charge < -0.3 is 14.4 Å². The first-order valence-electron chi connectivity index (χ1n) is 8.94. The molecule has 3 rings (SSSR count). The van der Waals surface area contributed by atoms with E-state index in [9.17, 15) is 14.7 Å². The molecule has 1 amide bonds. The number of aliphatic hydroxyl groups is 1. The number of carbonyl (C=O) groups is 2. The van der Waals surface area contributed by atoms with Crippen molar-refractivity contribution >= 4 is 17.4 Å². The number of unbranched alkanes of at least 4 members (excludes halogenated alkanes) is 2. The van der Waals surface area contributed by atoms with Gasteiger partial charge in [-0.15, -0.1) is 0 Å². The number of carbonyl (C=O) groups excluding carboxylic acids is 2. The Morgan fingerprint density at radius 2 is 1.85 bits per heavy atom. The summed E-state index contributed by atoms with van der Waals surface area (Å²) in [7, 11) is 0. The molecule has 0 radical (unpaired) electrons. The summed E-state index contributed by atoms with van der Waals surface area (Å²) in [4.78, 5) is 26.8. The molecule has 0 spiro atoms. The molecule has 5 heteroatoms. The number of Topliss-reactive ketones (excluding diaryl/α,β-unsaturated/α-hetero) is 1. The number of ketones is 1. The molecule has 2 aromatic rings. The lowest BCUT2D eigenvalue weighted by Crippen LogP contribution is -2.30. The Balaban J connectivity index is 2.08. The summed E-state index contributed by atoms with van der Waals surface area (Å²) in [6.07, 6.45) is 2.77. The fourth-order valence-electron chi connectivity index (χ4n) is 3.29. The second-order valence-electron chi connectivity index (χ2n) is 6.51. The molecule has 2 heterocycles. The van der Waals surface area contributed by atoms with E-state index >= 15 is 0 Å². The van der Waals surface area contributed by atoms with Crippen molar-refractivity contribution in [3.8, 4) is 0 Å². The van der Waals surface area contributed by atoms with E-state index in [0.29, 0.717) is 23.6 Å². The van der Waals surface area contributed by atoms with E-state index < -0.39 is 17.7 Å². The van der Waals surface area contributed by atoms with Crippen LogP contribution < -0.4 is 0 Å². The van der Waals surface area contributed by atoms with Gasteiger partial charge >= 0.3 is 0 Å². The van der Waals surface area contributed by atoms with Crippen molar-refractivity contribution in [3.05, 3.63) is 65.1 Å². The third-order valence-electron chi connectivity index (χ3n) is 4.62. The van der Waals surface area contributed by atoms with Crippen LogP contribution >= 0.6 is 0 Å². The third-order valence-corrected chi connectivity index (χ3v) is 4.62. The van der Waals surface area contributed by atoms with Gasteiger partial charge in [0, 0.05) is 12.1 Å². The normalized spacial score (nSPS) is 19.3. The number of likely N-dealkylation sites (tertiary alicyclic amines) is 1. The number of rotatable bonds is 6. The van der Waals surface area contributed by atoms with E-state index in [2.05, 4.69) is 6.92 Å². The minimum Gasteiger partial charge on any atom is -0.507 e. The molecule has 0 saturated carbocycles. The average molecular weight is 353 g/mol. The number of nitrogens with zero attached hydrogens (tertiary/aromatic N) is 1. The van der Waals surface area contributed by atoms with Crippen LogP contribution in [-0.4, -0.2) is 28.2 Å². The number of aliphatic hydroxyl groups excluding tert-OH is 1. The topological polar surface area (TPSA) is 70.8 Å². The Hall–Kier alpha value is -2.82. The van der Waals surface area contributed by atoms with Crippen molar-refractivity contribution in [2.24, 2.45) is 0 Å². The number of hydrogen-bond acceptors (Lipinski definition) is 4. The standard InChI is InChI=1S/C21H23NO4/c1-3-4-8-13-22-18(16-12-11-14(2)26-16)17(20(24)21(22)25)19(23)15-9-6-5-7-10-15/h5-7,9-12,18,23H,3-4,8,13H2,1-2H3/b19-17-. The summed E-state index contributed by atoms with van der Waals surface area (Å²) < 4.78 is 5.73. The molecule has 1 aliphatic rings. The maximum absolute atomic E-state index is 12.7. The van der Waals surface area contributed by atoms with Gasteiger partial charge in [-0.25, -0.2) is 0 Å². The predicted molar refractivity (Wildman–Crippen MR) is 98.4 cm³/mol. The van der Waals surface area contributed by atoms with E-state index in [1.807, 2.05) is 13.0 Å². The first-order chi connectivity index (χ1) is 12.5. The zero-order valence-electron chi connectivity index (χ0n) is 15.1. The van der Waals surface area contributed by atoms with Crippen LogP contribution in [0, 0.1) is 6.92 Å². The lowest BCUT2D eigenvalue weighted by atomic mass is 9.99. The maximum Gasteiger partial charge on any atom is 0.295 e. The van der Waals surface area contributed by atoms with E-state index in [1.165, 1.54) is 4.90 Å². The number of benzene rings is 1. The minimum absolute atomic E-state index is 0.0899. The van der Waals surface area contributed by atoms with Crippen LogP contribution in [0.4, 0.5) is 0 Å². The number of furan rings is 1. The van der Waals surface area contributed by atoms with E-state index in [0.717, 1.165) is 19.3 Å². The van der Waals surface area contributed by atoms with Crippen LogP contribution in [0.1, 0.15) is 49.3 Å². The largest absolute Gasteiger partial charge is 0.507 e. The quantitative estimate of drug-likeness (QED) is 0.366. The van der Waals surface area contributed by atoms with Gasteiger partial charge in [0.25, 0.3) is 11.7 Å². The van der Waals surface area contributed by atoms with Gasteiger partial charge in [-0.05, 0) is 25.5 Å². The fraction of sp³-hybridized carbons (Fsp3) is 0.333. The van der Waals surface area contributed by atoms with E-state index in [-0.39, 0.29) is 11.3 Å². The third kappa shape index (κ3) is 3.29. The van der Waals surface area contributed by atoms with Gasteiger partial charge in [0.05, 0.1) is 5.57 Å². The summed E-state index contributed by atoms with van der Waals surface area (Å²) >= 11 is 0. The van der Waals surface area contributed by atoms with E-state index in [1.54, 1.807) is 36.4 Å². The summed E-state index contributed by atoms with van der Waals surface area (Å²) in [6, 6.07) is 11.7. The summed E-state index contributed by atoms with van der Waals surface area (Å²) in [5, 5.41) is 10.8. The zero-order valence-corrected chi connectivity index (χ0v) is 15.1. The Bertz CT molecular complexity index is 835. The monoisotopic (exact) mass is 353 g/mol. The lowest BCUT2D eigenvalue weighted by molar-refractivity contribution is -0.140. The number of amides is 1. The zero-order chi connectivity index (χ0) is 18.7. The molecule has 1 N–H and O–H groups in total. The molecule has 1 saturated heterocycles. The van der Waals surface area contributed by atoms with Crippen LogP contribution in [0.15, 0.2) is 52.5 Å². The Labute approximate surface area is 152 Å². The second kappa shape index (κ2) is 7.60. The minimum atomic E-state index is -0.694. The molecular weight excluding hydrogens is 330 g/mol. The SMILES string of the molecule is CCCCCN1C(=O)C(=O)/C(=C(\O)c2ccccc2)C1c1ccc(C)o1. The van der Waals surface area contributed by atoms with Crippen molar-refractivity contribution in [2.45, 2.75) is 39.2 Å². The van der Waals surface area contributed by atoms with Crippen LogP contribution in [0.2, 0.25) is 0 Å². The lowest BCUT2D eigenvalue weighted by Gasteiger charge is -2.23. The van der Waals surface area contributed by atoms with E-state index in [4.69, 9.17) is 4.42 Å². The molecule has 1 fully saturated rings. The van der Waals surface area contributed by atoms with Crippen LogP contribution in [0.3, 0.4) is 0 Å². The molecule has 1 aromatic carbocycles. The van der Waals surface area contributed by atoms with Gasteiger partial charge in [-0.3, -0.25) is 9.59 Å². The van der Waals surface area contributed by atoms with Crippen molar-refractivity contribution < 1.29 is 19.1 Å². The van der Waals surface area contributed by atoms with Crippen LogP contribution in [0.25, 0.3) is 5.76 Å². The highest BCUT2D eigenvalue weighted by atomic mass is 16.3. The summed E-state index contributed by atoms with van der Waals surface area (Å²) in [5.74, 6) is -0.227. The number of aryl methyl sites for hydroxylation is 1. The molecule has 0 bridgehead atoms. The molecule has 1 unspecified atom stereocenters. The average Bonchev–Trinajstić information content (AvgIpc) is 3.18. The number of hydrogen-bond donors (Lipinski definition) is 1. The van der Waals surface area contributed by atoms with Gasteiger partial charge in [0.2, 0.25) is 0 Å². The highest BCUT2D eigenvalue weighted by Crippen LogP contribution is 2.40. The predicted octanol–water partition coefficient (Wildman–Crippen LogP) is 4.20. The van der Waals surface area contributed by atoms with Gasteiger partial charge in [0.1, 0.15) is 23.3 Å². The Morgan fingerprint density at radius 3 is 2.46 bits per heavy atom. The summed E-state index contributed by atoms with van der Waals surface area (Å²) in [6.45, 7) is 4.34. The second-order valence-corrected chi connectivity index (χ2v) is 6.51. The van der Waals surface area contributed by atoms with Gasteiger partial charge in [-0.2, -0.15) is 0 Å². The smallest absolute Gasteiger partial charge is 0.295 e. The highest BCUT2D eigenvalue weighted by Gasteiger charge is 2.47. The molecule has 0 aliphatic carbocycles. The first-order valence-corrected chi connectivity index (χ1v) is 8.94. The van der Waals surface area contributed by atoms with Crippen molar-refractivity contribution in [3.63, 3.8) is 0 Å². The molecule has 5 nitrogen and oxygen atoms in total. The van der Waals surface area contributed by atoms with Crippen molar-refractivity contribution in [2.75, 3.05) is 6.54 Å². The Morgan fingerprint density at radius 1 is 1.12 bits per heavy atom. The van der Waals surface area contributed by atoms with Gasteiger partial charge in [0.15, 0.2) is 0 Å². The summed E-state index contributed by atoms with van der Waals surface area (Å²) in [5.41, 5.74) is 0.597. The van der Waals surface area contributed by atoms with Crippen LogP contribution in [-0.2, 0) is 9.59 Å². The Kier molecular flexibility index (Phi) is 5.26. The molecule has 1 aromatic heterocycles. The molecule has 1 aliphatic heterocycles. The van der Waals surface area contributed by atoms with Crippen LogP contribution in [0.5, 0.6) is 0 Å². The molecule has 136 valence electrons. The van der Waals surface area contributed by atoms with Crippen molar-refractivity contribution in [1.29, 1.82) is 0 Å². The van der Waals surface area contributed by atoms with Gasteiger partial charge in [-0.1, -0.05) is 50.1 Å². The molecule has 26 heavy (non-hydrogen) atoms. The fourth-order valence-corrected chi connectivity index (χ4v) is 3.29.